The average Bonchev–Trinajstić information content (AvgIpc) is 2.75. The summed E-state index contributed by atoms with van der Waals surface area (Å²) < 4.78 is 0. The first kappa shape index (κ1) is 19.2. The number of aromatic nitrogens is 2. The summed E-state index contributed by atoms with van der Waals surface area (Å²) in [7, 11) is 0. The van der Waals surface area contributed by atoms with Gasteiger partial charge in [-0.1, -0.05) is 36.4 Å². The summed E-state index contributed by atoms with van der Waals surface area (Å²) in [6.45, 7) is 0.452. The van der Waals surface area contributed by atoms with Crippen LogP contribution in [0, 0.1) is 5.41 Å². The predicted molar refractivity (Wildman–Crippen MR) is 110 cm³/mol. The Balaban J connectivity index is 1.69. The van der Waals surface area contributed by atoms with Crippen molar-refractivity contribution in [2.45, 2.75) is 19.3 Å². The summed E-state index contributed by atoms with van der Waals surface area (Å²) in [6.07, 6.45) is 13.4. The summed E-state index contributed by atoms with van der Waals surface area (Å²) in [5.41, 5.74) is 9.66. The van der Waals surface area contributed by atoms with Crippen molar-refractivity contribution in [3.8, 4) is 0 Å². The van der Waals surface area contributed by atoms with Crippen molar-refractivity contribution >= 4 is 11.6 Å². The summed E-state index contributed by atoms with van der Waals surface area (Å²) >= 11 is 0. The molecule has 0 aliphatic heterocycles. The van der Waals surface area contributed by atoms with Crippen molar-refractivity contribution in [1.82, 2.24) is 15.3 Å². The van der Waals surface area contributed by atoms with Gasteiger partial charge in [-0.2, -0.15) is 0 Å². The second-order valence-electron chi connectivity index (χ2n) is 6.40. The SMILES string of the molecule is N=C(/C=C(\N)C1=CCCC=C1)c1ccccc1C(=O)NCCc1ccncn1. The van der Waals surface area contributed by atoms with Gasteiger partial charge in [0, 0.05) is 41.7 Å². The van der Waals surface area contributed by atoms with Crippen LogP contribution in [0.2, 0.25) is 0 Å². The first-order chi connectivity index (χ1) is 13.6. The van der Waals surface area contributed by atoms with Gasteiger partial charge in [0.15, 0.2) is 0 Å². The van der Waals surface area contributed by atoms with E-state index >= 15 is 0 Å². The van der Waals surface area contributed by atoms with Gasteiger partial charge in [-0.05, 0) is 36.6 Å². The second-order valence-corrected chi connectivity index (χ2v) is 6.40. The maximum atomic E-state index is 12.6. The van der Waals surface area contributed by atoms with E-state index in [0.29, 0.717) is 29.8 Å². The number of hydrogen-bond acceptors (Lipinski definition) is 5. The van der Waals surface area contributed by atoms with Crippen molar-refractivity contribution in [1.29, 1.82) is 5.41 Å². The van der Waals surface area contributed by atoms with Crippen LogP contribution in [0.15, 0.2) is 78.4 Å². The minimum Gasteiger partial charge on any atom is -0.398 e. The molecule has 1 aromatic heterocycles. The van der Waals surface area contributed by atoms with Gasteiger partial charge in [0.25, 0.3) is 5.91 Å². The molecule has 0 unspecified atom stereocenters. The molecule has 1 amide bonds. The highest BCUT2D eigenvalue weighted by Gasteiger charge is 2.14. The molecule has 1 aliphatic rings. The lowest BCUT2D eigenvalue weighted by Crippen LogP contribution is -2.27. The fourth-order valence-corrected chi connectivity index (χ4v) is 2.93. The van der Waals surface area contributed by atoms with Crippen LogP contribution >= 0.6 is 0 Å². The Kier molecular flexibility index (Phi) is 6.46. The molecule has 6 heteroatoms. The zero-order valence-electron chi connectivity index (χ0n) is 15.6. The Hall–Kier alpha value is -3.54. The summed E-state index contributed by atoms with van der Waals surface area (Å²) in [5, 5.41) is 11.3. The third-order valence-electron chi connectivity index (χ3n) is 4.40. The Labute approximate surface area is 164 Å². The number of rotatable bonds is 7. The molecule has 142 valence electrons. The summed E-state index contributed by atoms with van der Waals surface area (Å²) in [4.78, 5) is 20.7. The molecule has 2 aromatic rings. The molecular formula is C22H23N5O. The van der Waals surface area contributed by atoms with E-state index in [9.17, 15) is 4.79 Å². The lowest BCUT2D eigenvalue weighted by molar-refractivity contribution is 0.0954. The molecular weight excluding hydrogens is 350 g/mol. The highest BCUT2D eigenvalue weighted by atomic mass is 16.1. The molecule has 6 nitrogen and oxygen atoms in total. The fourth-order valence-electron chi connectivity index (χ4n) is 2.93. The number of nitrogens with two attached hydrogens (primary N) is 1. The maximum absolute atomic E-state index is 12.6. The second kappa shape index (κ2) is 9.41. The third-order valence-corrected chi connectivity index (χ3v) is 4.40. The van der Waals surface area contributed by atoms with Crippen molar-refractivity contribution in [3.63, 3.8) is 0 Å². The Morgan fingerprint density at radius 2 is 2.04 bits per heavy atom. The van der Waals surface area contributed by atoms with Crippen LogP contribution in [0.5, 0.6) is 0 Å². The minimum absolute atomic E-state index is 0.207. The van der Waals surface area contributed by atoms with Crippen LogP contribution in [0.1, 0.15) is 34.5 Å². The van der Waals surface area contributed by atoms with E-state index in [-0.39, 0.29) is 11.6 Å². The van der Waals surface area contributed by atoms with E-state index in [2.05, 4.69) is 27.4 Å². The van der Waals surface area contributed by atoms with Crippen molar-refractivity contribution in [3.05, 3.63) is 95.3 Å². The first-order valence-electron chi connectivity index (χ1n) is 9.20. The molecule has 0 saturated heterocycles. The molecule has 4 N–H and O–H groups in total. The molecule has 1 heterocycles. The number of carbonyl (C=O) groups is 1. The van der Waals surface area contributed by atoms with Crippen molar-refractivity contribution in [2.24, 2.45) is 5.73 Å². The number of benzene rings is 1. The van der Waals surface area contributed by atoms with Crippen LogP contribution in [0.3, 0.4) is 0 Å². The van der Waals surface area contributed by atoms with E-state index in [1.54, 1.807) is 30.5 Å². The third kappa shape index (κ3) is 5.01. The normalized spacial score (nSPS) is 13.7. The lowest BCUT2D eigenvalue weighted by atomic mass is 9.99. The number of hydrogen-bond donors (Lipinski definition) is 3. The highest BCUT2D eigenvalue weighted by molar-refractivity contribution is 6.14. The number of amides is 1. The molecule has 0 fully saturated rings. The predicted octanol–water partition coefficient (Wildman–Crippen LogP) is 2.94. The number of allylic oxidation sites excluding steroid dienone is 4. The molecule has 1 aliphatic carbocycles. The van der Waals surface area contributed by atoms with Crippen LogP contribution in [-0.2, 0) is 6.42 Å². The Bertz CT molecular complexity index is 944. The number of nitrogens with one attached hydrogen (secondary N) is 2. The van der Waals surface area contributed by atoms with E-state index in [0.717, 1.165) is 24.1 Å². The monoisotopic (exact) mass is 373 g/mol. The quantitative estimate of drug-likeness (QED) is 0.649. The van der Waals surface area contributed by atoms with E-state index < -0.39 is 0 Å². The van der Waals surface area contributed by atoms with Gasteiger partial charge < -0.3 is 16.5 Å². The molecule has 0 bridgehead atoms. The molecule has 28 heavy (non-hydrogen) atoms. The molecule has 0 radical (unpaired) electrons. The summed E-state index contributed by atoms with van der Waals surface area (Å²) in [6, 6.07) is 8.89. The number of nitrogens with zero attached hydrogens (tertiary/aromatic N) is 2. The fraction of sp³-hybridized carbons (Fsp3) is 0.182. The topological polar surface area (TPSA) is 105 Å². The highest BCUT2D eigenvalue weighted by Crippen LogP contribution is 2.17. The first-order valence-corrected chi connectivity index (χ1v) is 9.20. The molecule has 0 saturated carbocycles. The minimum atomic E-state index is -0.224. The Morgan fingerprint density at radius 1 is 1.21 bits per heavy atom. The zero-order valence-corrected chi connectivity index (χ0v) is 15.6. The van der Waals surface area contributed by atoms with E-state index in [1.165, 1.54) is 6.33 Å². The Morgan fingerprint density at radius 3 is 2.75 bits per heavy atom. The van der Waals surface area contributed by atoms with Crippen LogP contribution in [0.4, 0.5) is 0 Å². The largest absolute Gasteiger partial charge is 0.398 e. The van der Waals surface area contributed by atoms with Crippen molar-refractivity contribution in [2.75, 3.05) is 6.54 Å². The molecule has 3 rings (SSSR count). The van der Waals surface area contributed by atoms with Crippen LogP contribution in [-0.4, -0.2) is 28.1 Å². The van der Waals surface area contributed by atoms with Gasteiger partial charge in [0.1, 0.15) is 6.33 Å². The van der Waals surface area contributed by atoms with Gasteiger partial charge in [0.2, 0.25) is 0 Å². The van der Waals surface area contributed by atoms with E-state index in [1.807, 2.05) is 18.2 Å². The van der Waals surface area contributed by atoms with Crippen LogP contribution < -0.4 is 11.1 Å². The van der Waals surface area contributed by atoms with Gasteiger partial charge in [-0.15, -0.1) is 0 Å². The smallest absolute Gasteiger partial charge is 0.251 e. The van der Waals surface area contributed by atoms with Gasteiger partial charge in [-0.3, -0.25) is 4.79 Å². The zero-order chi connectivity index (χ0) is 19.8. The van der Waals surface area contributed by atoms with Gasteiger partial charge >= 0.3 is 0 Å². The summed E-state index contributed by atoms with van der Waals surface area (Å²) in [5.74, 6) is -0.224. The van der Waals surface area contributed by atoms with Crippen molar-refractivity contribution < 1.29 is 4.79 Å². The van der Waals surface area contributed by atoms with E-state index in [4.69, 9.17) is 11.1 Å². The van der Waals surface area contributed by atoms with Crippen LogP contribution in [0.25, 0.3) is 0 Å². The number of carbonyl (C=O) groups excluding carboxylic acids is 1. The average molecular weight is 373 g/mol. The standard InChI is InChI=1S/C22H23N5O/c23-20(16-6-2-1-3-7-16)14-21(24)18-8-4-5-9-19(18)22(28)26-13-11-17-10-12-25-15-27-17/h2,4-10,12,14-15,24H,1,3,11,13,23H2,(H,26,28)/b20-14-,24-21?. The lowest BCUT2D eigenvalue weighted by Gasteiger charge is -2.11. The van der Waals surface area contributed by atoms with Gasteiger partial charge in [0.05, 0.1) is 5.71 Å². The molecule has 0 atom stereocenters. The molecule has 0 spiro atoms. The maximum Gasteiger partial charge on any atom is 0.251 e. The van der Waals surface area contributed by atoms with Gasteiger partial charge in [-0.25, -0.2) is 9.97 Å². The molecule has 1 aromatic carbocycles.